The topological polar surface area (TPSA) is 3.24 Å². The van der Waals surface area contributed by atoms with Crippen molar-refractivity contribution < 1.29 is 0 Å². The number of nitrogens with zero attached hydrogens (tertiary/aromatic N) is 1. The highest BCUT2D eigenvalue weighted by Crippen LogP contribution is 2.46. The number of aryl methyl sites for hydroxylation is 1. The van der Waals surface area contributed by atoms with Gasteiger partial charge < -0.3 is 4.90 Å². The molecule has 2 aliphatic rings. The molecule has 0 aliphatic carbocycles. The minimum atomic E-state index is 0.00839. The molecule has 236 valence electrons. The predicted octanol–water partition coefficient (Wildman–Crippen LogP) is 10.7. The molecule has 0 aromatic heterocycles. The van der Waals surface area contributed by atoms with Gasteiger partial charge >= 0.3 is 0 Å². The Hall–Kier alpha value is -4.47. The second-order valence-electron chi connectivity index (χ2n) is 15.5. The van der Waals surface area contributed by atoms with Gasteiger partial charge in [-0.3, -0.25) is 0 Å². The third kappa shape index (κ3) is 5.11. The molecule has 6 aromatic rings. The summed E-state index contributed by atoms with van der Waals surface area (Å²) in [7, 11) is 0. The fraction of sp³-hybridized carbons (Fsp3) is 0.200. The summed E-state index contributed by atoms with van der Waals surface area (Å²) in [4.78, 5) is 5.29. The molecule has 8 rings (SSSR count). The van der Waals surface area contributed by atoms with Crippen molar-refractivity contribution in [1.29, 1.82) is 0 Å². The van der Waals surface area contributed by atoms with E-state index in [0.29, 0.717) is 0 Å². The molecule has 0 N–H and O–H groups in total. The van der Waals surface area contributed by atoms with Crippen molar-refractivity contribution in [3.63, 3.8) is 0 Å². The summed E-state index contributed by atoms with van der Waals surface area (Å²) in [6.45, 7) is 16.3. The largest absolute Gasteiger partial charge is 0.311 e. The van der Waals surface area contributed by atoms with Crippen LogP contribution in [0, 0.1) is 6.92 Å². The van der Waals surface area contributed by atoms with E-state index in [-0.39, 0.29) is 17.5 Å². The van der Waals surface area contributed by atoms with E-state index in [2.05, 4.69) is 181 Å². The molecule has 0 bridgehead atoms. The highest BCUT2D eigenvalue weighted by atomic mass is 32.2. The number of rotatable bonds is 3. The van der Waals surface area contributed by atoms with Crippen LogP contribution >= 0.6 is 11.8 Å². The second-order valence-corrected chi connectivity index (χ2v) is 16.6. The number of fused-ring (bicyclic) bond motifs is 4. The Bertz CT molecular complexity index is 2160. The van der Waals surface area contributed by atoms with Gasteiger partial charge in [0.25, 0.3) is 6.71 Å². The van der Waals surface area contributed by atoms with Gasteiger partial charge in [-0.2, -0.15) is 0 Å². The average Bonchev–Trinajstić information content (AvgIpc) is 3.07. The molecule has 0 saturated carbocycles. The fourth-order valence-corrected chi connectivity index (χ4v) is 8.89. The first kappa shape index (κ1) is 30.8. The van der Waals surface area contributed by atoms with Gasteiger partial charge in [-0.1, -0.05) is 144 Å². The lowest BCUT2D eigenvalue weighted by atomic mass is 9.33. The Morgan fingerprint density at radius 1 is 0.500 bits per heavy atom. The van der Waals surface area contributed by atoms with Crippen LogP contribution in [0.4, 0.5) is 17.1 Å². The molecule has 0 unspecified atom stereocenters. The SMILES string of the molecule is Cc1cc2c3c(c1)N(c1cc(C(C)(C)C)cc(C(C)(C)C)c1)c1cccc(-c4ccccc4)c1B3c1c(cccc1-c1ccccc1)S2. The average molecular weight is 640 g/mol. The standard InChI is InChI=1S/C45H42BNS/c1-29-24-38-43-40(25-29)48-39-23-15-21-36(31-18-12-9-13-19-31)42(39)46(43)41-35(30-16-10-8-11-17-30)20-14-22-37(41)47(38)34-27-32(44(2,3)4)26-33(28-34)45(5,6)7/h8-28H,1-7H3. The Morgan fingerprint density at radius 3 is 1.65 bits per heavy atom. The Morgan fingerprint density at radius 2 is 1.06 bits per heavy atom. The normalized spacial score (nSPS) is 13.6. The third-order valence-corrected chi connectivity index (χ3v) is 11.2. The van der Waals surface area contributed by atoms with Crippen LogP contribution in [0.5, 0.6) is 0 Å². The summed E-state index contributed by atoms with van der Waals surface area (Å²) in [5.74, 6) is 0. The number of hydrogen-bond donors (Lipinski definition) is 0. The van der Waals surface area contributed by atoms with Gasteiger partial charge in [-0.05, 0) is 109 Å². The molecule has 2 heterocycles. The van der Waals surface area contributed by atoms with Gasteiger partial charge in [0, 0.05) is 26.9 Å². The summed E-state index contributed by atoms with van der Waals surface area (Å²) in [5, 5.41) is 0. The van der Waals surface area contributed by atoms with Crippen molar-refractivity contribution in [2.45, 2.75) is 69.1 Å². The van der Waals surface area contributed by atoms with Crippen LogP contribution in [0.2, 0.25) is 0 Å². The molecule has 3 heteroatoms. The van der Waals surface area contributed by atoms with Crippen LogP contribution < -0.4 is 21.3 Å². The molecular formula is C45H42BNS. The van der Waals surface area contributed by atoms with Crippen molar-refractivity contribution in [1.82, 2.24) is 0 Å². The molecule has 0 spiro atoms. The maximum atomic E-state index is 2.59. The smallest absolute Gasteiger partial charge is 0.251 e. The van der Waals surface area contributed by atoms with Gasteiger partial charge in [0.2, 0.25) is 0 Å². The molecule has 0 atom stereocenters. The zero-order valence-electron chi connectivity index (χ0n) is 29.1. The lowest BCUT2D eigenvalue weighted by Crippen LogP contribution is -2.61. The van der Waals surface area contributed by atoms with E-state index in [0.717, 1.165) is 0 Å². The zero-order chi connectivity index (χ0) is 33.4. The number of anilines is 3. The Balaban J connectivity index is 1.50. The van der Waals surface area contributed by atoms with E-state index >= 15 is 0 Å². The lowest BCUT2D eigenvalue weighted by Gasteiger charge is -2.42. The van der Waals surface area contributed by atoms with E-state index in [1.165, 1.54) is 82.2 Å². The first-order valence-corrected chi connectivity index (χ1v) is 18.0. The minimum Gasteiger partial charge on any atom is -0.311 e. The molecule has 0 amide bonds. The number of hydrogen-bond acceptors (Lipinski definition) is 2. The molecule has 0 radical (unpaired) electrons. The first-order valence-electron chi connectivity index (χ1n) is 17.1. The number of benzene rings is 6. The predicted molar refractivity (Wildman–Crippen MR) is 209 cm³/mol. The van der Waals surface area contributed by atoms with E-state index in [9.17, 15) is 0 Å². The quantitative estimate of drug-likeness (QED) is 0.177. The summed E-state index contributed by atoms with van der Waals surface area (Å²) in [5.41, 5.74) is 17.1. The van der Waals surface area contributed by atoms with E-state index < -0.39 is 0 Å². The van der Waals surface area contributed by atoms with Crippen LogP contribution in [-0.4, -0.2) is 6.71 Å². The van der Waals surface area contributed by atoms with Gasteiger partial charge in [0.05, 0.1) is 0 Å². The van der Waals surface area contributed by atoms with Crippen LogP contribution in [-0.2, 0) is 10.8 Å². The molecule has 0 fully saturated rings. The van der Waals surface area contributed by atoms with Crippen LogP contribution in [0.15, 0.2) is 137 Å². The monoisotopic (exact) mass is 639 g/mol. The maximum Gasteiger partial charge on any atom is 0.251 e. The van der Waals surface area contributed by atoms with Crippen molar-refractivity contribution in [2.24, 2.45) is 0 Å². The molecular weight excluding hydrogens is 597 g/mol. The first-order chi connectivity index (χ1) is 23.0. The summed E-state index contributed by atoms with van der Waals surface area (Å²) < 4.78 is 0. The highest BCUT2D eigenvalue weighted by molar-refractivity contribution is 8.00. The second kappa shape index (κ2) is 11.3. The summed E-state index contributed by atoms with van der Waals surface area (Å²) in [6.07, 6.45) is 0. The minimum absolute atomic E-state index is 0.00839. The maximum absolute atomic E-state index is 2.59. The van der Waals surface area contributed by atoms with Crippen molar-refractivity contribution in [3.8, 4) is 22.3 Å². The summed E-state index contributed by atoms with van der Waals surface area (Å²) in [6, 6.07) is 48.0. The van der Waals surface area contributed by atoms with Crippen molar-refractivity contribution in [3.05, 3.63) is 144 Å². The van der Waals surface area contributed by atoms with Crippen molar-refractivity contribution >= 4 is 51.9 Å². The molecule has 2 aliphatic heterocycles. The highest BCUT2D eigenvalue weighted by Gasteiger charge is 2.43. The van der Waals surface area contributed by atoms with E-state index in [1.807, 2.05) is 11.8 Å². The van der Waals surface area contributed by atoms with Crippen LogP contribution in [0.25, 0.3) is 22.3 Å². The molecule has 48 heavy (non-hydrogen) atoms. The summed E-state index contributed by atoms with van der Waals surface area (Å²) >= 11 is 1.93. The van der Waals surface area contributed by atoms with Gasteiger partial charge in [0.1, 0.15) is 0 Å². The Kier molecular flexibility index (Phi) is 7.27. The van der Waals surface area contributed by atoms with Crippen molar-refractivity contribution in [2.75, 3.05) is 4.90 Å². The van der Waals surface area contributed by atoms with Gasteiger partial charge in [-0.25, -0.2) is 0 Å². The fourth-order valence-electron chi connectivity index (χ4n) is 7.59. The van der Waals surface area contributed by atoms with Gasteiger partial charge in [0.15, 0.2) is 0 Å². The zero-order valence-corrected chi connectivity index (χ0v) is 29.9. The lowest BCUT2D eigenvalue weighted by molar-refractivity contribution is 0.569. The third-order valence-electron chi connectivity index (χ3n) is 10.1. The Labute approximate surface area is 291 Å². The van der Waals surface area contributed by atoms with E-state index in [1.54, 1.807) is 0 Å². The van der Waals surface area contributed by atoms with E-state index in [4.69, 9.17) is 0 Å². The molecule has 0 saturated heterocycles. The van der Waals surface area contributed by atoms with Crippen LogP contribution in [0.3, 0.4) is 0 Å². The van der Waals surface area contributed by atoms with Gasteiger partial charge in [-0.15, -0.1) is 0 Å². The molecule has 6 aromatic carbocycles. The molecule has 1 nitrogen and oxygen atoms in total. The van der Waals surface area contributed by atoms with Crippen LogP contribution in [0.1, 0.15) is 58.2 Å².